The van der Waals surface area contributed by atoms with Gasteiger partial charge in [-0.2, -0.15) is 0 Å². The molecule has 0 amide bonds. The van der Waals surface area contributed by atoms with Crippen molar-refractivity contribution in [2.75, 3.05) is 0 Å². The lowest BCUT2D eigenvalue weighted by Gasteiger charge is -2.54. The number of rotatable bonds is 4. The van der Waals surface area contributed by atoms with Crippen LogP contribution in [0.25, 0.3) is 0 Å². The second kappa shape index (κ2) is 8.07. The number of carbonyl (C=O) groups is 1. The van der Waals surface area contributed by atoms with Crippen LogP contribution in [0, 0.1) is 23.7 Å². The van der Waals surface area contributed by atoms with Gasteiger partial charge in [0, 0.05) is 0 Å². The number of ether oxygens (including phenoxy) is 1. The first-order valence-electron chi connectivity index (χ1n) is 9.97. The van der Waals surface area contributed by atoms with Gasteiger partial charge in [-0.1, -0.05) is 60.7 Å². The molecule has 2 aromatic rings. The maximum Gasteiger partial charge on any atom is 0.293 e. The highest BCUT2D eigenvalue weighted by Crippen LogP contribution is 2.59. The smallest absolute Gasteiger partial charge is 0.293 e. The molecule has 0 N–H and O–H groups in total. The van der Waals surface area contributed by atoms with Crippen molar-refractivity contribution in [3.8, 4) is 0 Å². The highest BCUT2D eigenvalue weighted by atomic mass is 16.5. The van der Waals surface area contributed by atoms with Crippen molar-refractivity contribution in [3.05, 3.63) is 71.8 Å². The second-order valence-electron chi connectivity index (χ2n) is 8.26. The minimum absolute atomic E-state index is 0.365. The van der Waals surface area contributed by atoms with E-state index in [1.54, 1.807) is 12.0 Å². The zero-order valence-corrected chi connectivity index (χ0v) is 15.3. The van der Waals surface area contributed by atoms with Crippen LogP contribution in [-0.4, -0.2) is 6.47 Å². The molecule has 0 unspecified atom stereocenters. The van der Waals surface area contributed by atoms with E-state index in [9.17, 15) is 4.79 Å². The van der Waals surface area contributed by atoms with Crippen LogP contribution >= 0.6 is 0 Å². The predicted octanol–water partition coefficient (Wildman–Crippen LogP) is 5.59. The lowest BCUT2D eigenvalue weighted by molar-refractivity contribution is -0.129. The molecule has 0 aromatic heterocycles. The molecule has 0 aliphatic heterocycles. The van der Waals surface area contributed by atoms with E-state index in [1.807, 2.05) is 30.3 Å². The largest absolute Gasteiger partial charge is 0.463 e. The Kier molecular flexibility index (Phi) is 5.38. The molecule has 4 saturated carbocycles. The molecule has 26 heavy (non-hydrogen) atoms. The molecule has 4 bridgehead atoms. The molecule has 0 saturated heterocycles. The molecule has 4 aliphatic rings. The first-order chi connectivity index (χ1) is 12.8. The Hall–Kier alpha value is -2.09. The minimum atomic E-state index is 0.365. The van der Waals surface area contributed by atoms with E-state index in [1.165, 1.54) is 25.7 Å². The van der Waals surface area contributed by atoms with Crippen LogP contribution < -0.4 is 0 Å². The minimum Gasteiger partial charge on any atom is -0.463 e. The lowest BCUT2D eigenvalue weighted by Crippen LogP contribution is -2.43. The molecule has 0 radical (unpaired) electrons. The fourth-order valence-corrected chi connectivity index (χ4v) is 5.85. The summed E-state index contributed by atoms with van der Waals surface area (Å²) < 4.78 is 4.54. The van der Waals surface area contributed by atoms with Gasteiger partial charge in [0.2, 0.25) is 0 Å². The van der Waals surface area contributed by atoms with Gasteiger partial charge in [-0.15, -0.1) is 0 Å². The van der Waals surface area contributed by atoms with E-state index < -0.39 is 0 Å². The van der Waals surface area contributed by atoms with Gasteiger partial charge < -0.3 is 4.74 Å². The van der Waals surface area contributed by atoms with Crippen molar-refractivity contribution in [3.63, 3.8) is 0 Å². The Labute approximate surface area is 156 Å². The van der Waals surface area contributed by atoms with Crippen molar-refractivity contribution in [2.45, 2.75) is 44.6 Å². The summed E-state index contributed by atoms with van der Waals surface area (Å²) in [5, 5.41) is 0. The normalized spacial score (nSPS) is 31.0. The molecule has 0 heterocycles. The standard InChI is InChI=1S/C16H20.C8H8O2/c1-2-4-13(5-3-1)16-14-7-11-6-12(9-14)10-15(16)8-11;9-7-10-6-8-4-2-1-3-5-8/h1-5,11-12,14-16H,6-10H2;1-5,7H,6H2. The van der Waals surface area contributed by atoms with Gasteiger partial charge in [0.25, 0.3) is 6.47 Å². The van der Waals surface area contributed by atoms with Crippen LogP contribution in [0.15, 0.2) is 60.7 Å². The Morgan fingerprint density at radius 3 is 1.85 bits per heavy atom. The van der Waals surface area contributed by atoms with Crippen LogP contribution in [0.1, 0.15) is 49.1 Å². The quantitative estimate of drug-likeness (QED) is 0.674. The Balaban J connectivity index is 0.000000146. The summed E-state index contributed by atoms with van der Waals surface area (Å²) in [6.07, 6.45) is 7.70. The van der Waals surface area contributed by atoms with E-state index in [0.29, 0.717) is 13.1 Å². The maximum absolute atomic E-state index is 9.76. The zero-order chi connectivity index (χ0) is 17.8. The highest BCUT2D eigenvalue weighted by molar-refractivity contribution is 5.37. The van der Waals surface area contributed by atoms with Crippen molar-refractivity contribution in [1.82, 2.24) is 0 Å². The molecule has 2 heteroatoms. The highest BCUT2D eigenvalue weighted by Gasteiger charge is 2.48. The van der Waals surface area contributed by atoms with Crippen molar-refractivity contribution in [2.24, 2.45) is 23.7 Å². The summed E-state index contributed by atoms with van der Waals surface area (Å²) >= 11 is 0. The molecule has 4 aliphatic carbocycles. The maximum atomic E-state index is 9.76. The molecule has 0 spiro atoms. The molecule has 4 fully saturated rings. The third-order valence-corrected chi connectivity index (χ3v) is 6.57. The van der Waals surface area contributed by atoms with Crippen molar-refractivity contribution < 1.29 is 9.53 Å². The zero-order valence-electron chi connectivity index (χ0n) is 15.3. The molecule has 136 valence electrons. The molecule has 6 rings (SSSR count). The third-order valence-electron chi connectivity index (χ3n) is 6.57. The van der Waals surface area contributed by atoms with Crippen molar-refractivity contribution >= 4 is 6.47 Å². The number of hydrogen-bond acceptors (Lipinski definition) is 2. The van der Waals surface area contributed by atoms with Crippen LogP contribution in [0.4, 0.5) is 0 Å². The topological polar surface area (TPSA) is 26.3 Å². The summed E-state index contributed by atoms with van der Waals surface area (Å²) in [5.41, 5.74) is 2.64. The summed E-state index contributed by atoms with van der Waals surface area (Å²) in [6, 6.07) is 20.9. The van der Waals surface area contributed by atoms with Gasteiger partial charge in [-0.25, -0.2) is 0 Å². The predicted molar refractivity (Wildman–Crippen MR) is 104 cm³/mol. The van der Waals surface area contributed by atoms with Gasteiger partial charge in [0.1, 0.15) is 6.61 Å². The van der Waals surface area contributed by atoms with E-state index in [0.717, 1.165) is 35.2 Å². The van der Waals surface area contributed by atoms with Gasteiger partial charge in [-0.05, 0) is 72.8 Å². The second-order valence-corrected chi connectivity index (χ2v) is 8.26. The number of carbonyl (C=O) groups excluding carboxylic acids is 1. The molecule has 0 atom stereocenters. The van der Waals surface area contributed by atoms with Gasteiger partial charge >= 0.3 is 0 Å². The lowest BCUT2D eigenvalue weighted by atomic mass is 9.51. The van der Waals surface area contributed by atoms with Gasteiger partial charge in [0.15, 0.2) is 0 Å². The molecular formula is C24H28O2. The van der Waals surface area contributed by atoms with Crippen molar-refractivity contribution in [1.29, 1.82) is 0 Å². The number of hydrogen-bond donors (Lipinski definition) is 0. The average Bonchev–Trinajstić information content (AvgIpc) is 2.68. The number of benzene rings is 2. The van der Waals surface area contributed by atoms with Crippen LogP contribution in [-0.2, 0) is 16.1 Å². The first-order valence-corrected chi connectivity index (χ1v) is 9.97. The fourth-order valence-electron chi connectivity index (χ4n) is 5.85. The van der Waals surface area contributed by atoms with Crippen LogP contribution in [0.3, 0.4) is 0 Å². The third kappa shape index (κ3) is 3.85. The van der Waals surface area contributed by atoms with Gasteiger partial charge in [0.05, 0.1) is 0 Å². The first kappa shape index (κ1) is 17.3. The van der Waals surface area contributed by atoms with E-state index in [4.69, 9.17) is 0 Å². The van der Waals surface area contributed by atoms with E-state index in [2.05, 4.69) is 35.1 Å². The Morgan fingerprint density at radius 2 is 1.31 bits per heavy atom. The van der Waals surface area contributed by atoms with E-state index in [-0.39, 0.29) is 0 Å². The summed E-state index contributed by atoms with van der Waals surface area (Å²) in [7, 11) is 0. The summed E-state index contributed by atoms with van der Waals surface area (Å²) in [5.74, 6) is 5.16. The monoisotopic (exact) mass is 348 g/mol. The summed E-state index contributed by atoms with van der Waals surface area (Å²) in [6.45, 7) is 0.817. The van der Waals surface area contributed by atoms with E-state index >= 15 is 0 Å². The SMILES string of the molecule is O=COCc1ccccc1.c1ccc(C2C3CC4CC(C3)CC2C4)cc1. The molecule has 2 aromatic carbocycles. The van der Waals surface area contributed by atoms with Crippen LogP contribution in [0.5, 0.6) is 0 Å². The average molecular weight is 348 g/mol. The Bertz CT molecular complexity index is 667. The van der Waals surface area contributed by atoms with Crippen LogP contribution in [0.2, 0.25) is 0 Å². The summed E-state index contributed by atoms with van der Waals surface area (Å²) in [4.78, 5) is 9.76. The van der Waals surface area contributed by atoms with Gasteiger partial charge in [-0.3, -0.25) is 4.79 Å². The fraction of sp³-hybridized carbons (Fsp3) is 0.458. The molecule has 2 nitrogen and oxygen atoms in total. The molecular weight excluding hydrogens is 320 g/mol. The Morgan fingerprint density at radius 1 is 0.769 bits per heavy atom.